The van der Waals surface area contributed by atoms with E-state index in [1.807, 2.05) is 0 Å². The van der Waals surface area contributed by atoms with Gasteiger partial charge in [0.1, 0.15) is 17.7 Å². The van der Waals surface area contributed by atoms with Crippen LogP contribution in [0.25, 0.3) is 0 Å². The van der Waals surface area contributed by atoms with Crippen LogP contribution in [-0.2, 0) is 11.3 Å². The highest BCUT2D eigenvalue weighted by atomic mass is 19.1. The van der Waals surface area contributed by atoms with Crippen LogP contribution < -0.4 is 15.5 Å². The Morgan fingerprint density at radius 3 is 2.62 bits per heavy atom. The number of benzene rings is 2. The molecule has 3 amide bonds. The van der Waals surface area contributed by atoms with Crippen LogP contribution in [-0.4, -0.2) is 24.5 Å². The van der Waals surface area contributed by atoms with Gasteiger partial charge in [0, 0.05) is 18.8 Å². The van der Waals surface area contributed by atoms with E-state index >= 15 is 0 Å². The Kier molecular flexibility index (Phi) is 5.16. The minimum Gasteiger partial charge on any atom is -0.334 e. The molecule has 2 N–H and O–H groups in total. The number of carbonyl (C=O) groups excluding carboxylic acids is 2. The third-order valence-corrected chi connectivity index (χ3v) is 4.33. The highest BCUT2D eigenvalue weighted by molar-refractivity contribution is 6.01. The van der Waals surface area contributed by atoms with Gasteiger partial charge in [0.25, 0.3) is 0 Å². The predicted octanol–water partition coefficient (Wildman–Crippen LogP) is 2.88. The van der Waals surface area contributed by atoms with Crippen molar-refractivity contribution in [2.75, 3.05) is 11.4 Å². The van der Waals surface area contributed by atoms with Crippen molar-refractivity contribution in [1.29, 1.82) is 0 Å². The van der Waals surface area contributed by atoms with Crippen LogP contribution in [0.1, 0.15) is 17.5 Å². The second kappa shape index (κ2) is 7.51. The molecule has 0 aliphatic carbocycles. The summed E-state index contributed by atoms with van der Waals surface area (Å²) in [6, 6.07) is 9.19. The number of hydrogen-bond acceptors (Lipinski definition) is 2. The highest BCUT2D eigenvalue weighted by Gasteiger charge is 2.33. The monoisotopic (exact) mass is 359 g/mol. The van der Waals surface area contributed by atoms with Gasteiger partial charge in [-0.2, -0.15) is 0 Å². The molecule has 136 valence electrons. The zero-order valence-electron chi connectivity index (χ0n) is 14.3. The van der Waals surface area contributed by atoms with Crippen molar-refractivity contribution in [3.05, 3.63) is 65.2 Å². The average Bonchev–Trinajstić information content (AvgIpc) is 2.97. The standard InChI is InChI=1S/C19H19F2N3O2/c1-12-10-15(6-7-16(12)21)24-9-8-17(18(24)25)23-19(26)22-11-13-2-4-14(20)5-3-13/h2-7,10,17H,8-9,11H2,1H3,(H2,22,23,26)/t17-/m1/s1. The number of halogens is 2. The number of amides is 3. The van der Waals surface area contributed by atoms with Crippen molar-refractivity contribution in [3.8, 4) is 0 Å². The Bertz CT molecular complexity index is 824. The molecule has 0 bridgehead atoms. The molecular formula is C19H19F2N3O2. The smallest absolute Gasteiger partial charge is 0.315 e. The van der Waals surface area contributed by atoms with Crippen molar-refractivity contribution < 1.29 is 18.4 Å². The summed E-state index contributed by atoms with van der Waals surface area (Å²) < 4.78 is 26.2. The number of rotatable bonds is 4. The van der Waals surface area contributed by atoms with Gasteiger partial charge in [-0.25, -0.2) is 13.6 Å². The fourth-order valence-corrected chi connectivity index (χ4v) is 2.86. The Balaban J connectivity index is 1.55. The molecule has 1 saturated heterocycles. The Labute approximate surface area is 150 Å². The lowest BCUT2D eigenvalue weighted by atomic mass is 10.2. The summed E-state index contributed by atoms with van der Waals surface area (Å²) >= 11 is 0. The van der Waals surface area contributed by atoms with Crippen molar-refractivity contribution in [3.63, 3.8) is 0 Å². The van der Waals surface area contributed by atoms with E-state index in [2.05, 4.69) is 10.6 Å². The van der Waals surface area contributed by atoms with Gasteiger partial charge in [-0.05, 0) is 54.8 Å². The van der Waals surface area contributed by atoms with Gasteiger partial charge in [0.15, 0.2) is 0 Å². The molecule has 1 aliphatic rings. The van der Waals surface area contributed by atoms with E-state index in [1.54, 1.807) is 31.2 Å². The molecule has 26 heavy (non-hydrogen) atoms. The van der Waals surface area contributed by atoms with Crippen molar-refractivity contribution in [2.45, 2.75) is 25.9 Å². The first-order valence-electron chi connectivity index (χ1n) is 8.30. The summed E-state index contributed by atoms with van der Waals surface area (Å²) in [5.74, 6) is -0.894. The number of carbonyl (C=O) groups is 2. The maximum Gasteiger partial charge on any atom is 0.315 e. The molecule has 1 fully saturated rings. The van der Waals surface area contributed by atoms with Crippen LogP contribution in [0.3, 0.4) is 0 Å². The van der Waals surface area contributed by atoms with E-state index < -0.39 is 12.1 Å². The van der Waals surface area contributed by atoms with Crippen LogP contribution >= 0.6 is 0 Å². The van der Waals surface area contributed by atoms with Crippen LogP contribution in [0.2, 0.25) is 0 Å². The molecule has 5 nitrogen and oxygen atoms in total. The summed E-state index contributed by atoms with van der Waals surface area (Å²) in [7, 11) is 0. The topological polar surface area (TPSA) is 61.4 Å². The quantitative estimate of drug-likeness (QED) is 0.882. The molecule has 0 radical (unpaired) electrons. The Morgan fingerprint density at radius 1 is 1.19 bits per heavy atom. The van der Waals surface area contributed by atoms with E-state index in [0.29, 0.717) is 24.2 Å². The molecule has 1 aliphatic heterocycles. The third-order valence-electron chi connectivity index (χ3n) is 4.33. The number of aryl methyl sites for hydroxylation is 1. The van der Waals surface area contributed by atoms with Crippen LogP contribution in [0.4, 0.5) is 19.3 Å². The summed E-state index contributed by atoms with van der Waals surface area (Å²) in [5.41, 5.74) is 1.83. The summed E-state index contributed by atoms with van der Waals surface area (Å²) in [6.45, 7) is 2.32. The number of nitrogens with one attached hydrogen (secondary N) is 2. The first kappa shape index (κ1) is 17.8. The molecule has 0 spiro atoms. The number of anilines is 1. The van der Waals surface area contributed by atoms with E-state index in [9.17, 15) is 18.4 Å². The van der Waals surface area contributed by atoms with Crippen molar-refractivity contribution in [2.24, 2.45) is 0 Å². The second-order valence-corrected chi connectivity index (χ2v) is 6.22. The zero-order valence-corrected chi connectivity index (χ0v) is 14.3. The SMILES string of the molecule is Cc1cc(N2CC[C@@H](NC(=O)NCc3ccc(F)cc3)C2=O)ccc1F. The minimum absolute atomic E-state index is 0.229. The summed E-state index contributed by atoms with van der Waals surface area (Å²) in [4.78, 5) is 26.0. The first-order valence-corrected chi connectivity index (χ1v) is 8.30. The molecule has 0 aromatic heterocycles. The number of nitrogens with zero attached hydrogens (tertiary/aromatic N) is 1. The van der Waals surface area contributed by atoms with E-state index in [1.165, 1.54) is 23.1 Å². The number of hydrogen-bond donors (Lipinski definition) is 2. The third kappa shape index (κ3) is 3.99. The zero-order chi connectivity index (χ0) is 18.7. The molecule has 1 atom stereocenters. The van der Waals surface area contributed by atoms with E-state index in [4.69, 9.17) is 0 Å². The van der Waals surface area contributed by atoms with Gasteiger partial charge >= 0.3 is 6.03 Å². The molecule has 7 heteroatoms. The first-order chi connectivity index (χ1) is 12.4. The molecule has 2 aromatic rings. The molecule has 0 saturated carbocycles. The van der Waals surface area contributed by atoms with Crippen molar-refractivity contribution in [1.82, 2.24) is 10.6 Å². The van der Waals surface area contributed by atoms with Gasteiger partial charge in [0.2, 0.25) is 5.91 Å². The van der Waals surface area contributed by atoms with Gasteiger partial charge in [-0.3, -0.25) is 4.79 Å². The normalized spacial score (nSPS) is 16.7. The van der Waals surface area contributed by atoms with Crippen LogP contribution in [0.5, 0.6) is 0 Å². The molecule has 0 unspecified atom stereocenters. The maximum atomic E-state index is 13.4. The van der Waals surface area contributed by atoms with Gasteiger partial charge in [-0.15, -0.1) is 0 Å². The maximum absolute atomic E-state index is 13.4. The van der Waals surface area contributed by atoms with Crippen LogP contribution in [0, 0.1) is 18.6 Å². The van der Waals surface area contributed by atoms with Gasteiger partial charge < -0.3 is 15.5 Å². The molecule has 1 heterocycles. The van der Waals surface area contributed by atoms with E-state index in [0.717, 1.165) is 5.56 Å². The Hall–Kier alpha value is -2.96. The lowest BCUT2D eigenvalue weighted by Crippen LogP contribution is -2.45. The minimum atomic E-state index is -0.631. The van der Waals surface area contributed by atoms with Gasteiger partial charge in [-0.1, -0.05) is 12.1 Å². The molecule has 2 aromatic carbocycles. The second-order valence-electron chi connectivity index (χ2n) is 6.22. The van der Waals surface area contributed by atoms with E-state index in [-0.39, 0.29) is 24.1 Å². The van der Waals surface area contributed by atoms with Gasteiger partial charge in [0.05, 0.1) is 0 Å². The van der Waals surface area contributed by atoms with Crippen LogP contribution in [0.15, 0.2) is 42.5 Å². The fourth-order valence-electron chi connectivity index (χ4n) is 2.86. The fraction of sp³-hybridized carbons (Fsp3) is 0.263. The molecular weight excluding hydrogens is 340 g/mol. The summed E-state index contributed by atoms with van der Waals surface area (Å²) in [6.07, 6.45) is 0.471. The Morgan fingerprint density at radius 2 is 1.92 bits per heavy atom. The number of urea groups is 1. The van der Waals surface area contributed by atoms with Crippen molar-refractivity contribution >= 4 is 17.6 Å². The highest BCUT2D eigenvalue weighted by Crippen LogP contribution is 2.23. The largest absolute Gasteiger partial charge is 0.334 e. The average molecular weight is 359 g/mol. The summed E-state index contributed by atoms with van der Waals surface area (Å²) in [5, 5.41) is 5.29. The predicted molar refractivity (Wildman–Crippen MR) is 93.7 cm³/mol. The lowest BCUT2D eigenvalue weighted by Gasteiger charge is -2.18. The lowest BCUT2D eigenvalue weighted by molar-refractivity contribution is -0.118. The molecule has 3 rings (SSSR count).